The highest BCUT2D eigenvalue weighted by atomic mass is 32.1. The molecule has 1 unspecified atom stereocenters. The van der Waals surface area contributed by atoms with Crippen LogP contribution in [0, 0.1) is 0 Å². The molecule has 24 heavy (non-hydrogen) atoms. The highest BCUT2D eigenvalue weighted by Crippen LogP contribution is 2.14. The highest BCUT2D eigenvalue weighted by molar-refractivity contribution is 7.10. The maximum atomic E-state index is 12.1. The lowest BCUT2D eigenvalue weighted by atomic mass is 10.2. The zero-order chi connectivity index (χ0) is 16.9. The summed E-state index contributed by atoms with van der Waals surface area (Å²) in [6, 6.07) is 5.26. The molecule has 2 aromatic rings. The number of aromatic nitrogens is 2. The number of hydrogen-bond donors (Lipinski definition) is 1. The zero-order valence-electron chi connectivity index (χ0n) is 13.0. The molecule has 1 saturated heterocycles. The van der Waals surface area contributed by atoms with Gasteiger partial charge in [-0.15, -0.1) is 11.3 Å². The monoisotopic (exact) mass is 347 g/mol. The van der Waals surface area contributed by atoms with E-state index >= 15 is 0 Å². The van der Waals surface area contributed by atoms with Crippen LogP contribution in [0.4, 0.5) is 4.79 Å². The van der Waals surface area contributed by atoms with Gasteiger partial charge in [-0.25, -0.2) is 4.79 Å². The van der Waals surface area contributed by atoms with Gasteiger partial charge in [-0.2, -0.15) is 9.78 Å². The van der Waals surface area contributed by atoms with Gasteiger partial charge in [0.05, 0.1) is 12.8 Å². The maximum absolute atomic E-state index is 12.1. The molecule has 1 aliphatic heterocycles. The van der Waals surface area contributed by atoms with Gasteiger partial charge in [-0.1, -0.05) is 6.07 Å². The summed E-state index contributed by atoms with van der Waals surface area (Å²) < 4.78 is 11.2. The molecule has 1 aliphatic rings. The molecular weight excluding hydrogens is 330 g/mol. The summed E-state index contributed by atoms with van der Waals surface area (Å²) in [7, 11) is 1.33. The summed E-state index contributed by atoms with van der Waals surface area (Å²) in [5, 5.41) is 9.13. The van der Waals surface area contributed by atoms with E-state index in [-0.39, 0.29) is 12.1 Å². The lowest BCUT2D eigenvalue weighted by molar-refractivity contribution is -0.142. The Balaban J connectivity index is 1.55. The van der Waals surface area contributed by atoms with Gasteiger partial charge in [0, 0.05) is 24.0 Å². The molecule has 0 radical (unpaired) electrons. The van der Waals surface area contributed by atoms with Crippen LogP contribution >= 0.6 is 11.3 Å². The van der Waals surface area contributed by atoms with Crippen molar-refractivity contribution in [3.63, 3.8) is 0 Å². The van der Waals surface area contributed by atoms with Crippen molar-refractivity contribution in [2.75, 3.05) is 13.7 Å². The van der Waals surface area contributed by atoms with E-state index in [2.05, 4.69) is 15.2 Å². The largest absolute Gasteiger partial charge is 0.468 e. The first-order valence-corrected chi connectivity index (χ1v) is 8.33. The number of esters is 1. The van der Waals surface area contributed by atoms with Crippen LogP contribution in [0.2, 0.25) is 0 Å². The SMILES string of the molecule is COC(=O)C1C[C@H](OC(=O)n2ccc(/C=C/c3cccs3)n2)CN1. The second-order valence-corrected chi connectivity index (χ2v) is 6.24. The average molecular weight is 347 g/mol. The third kappa shape index (κ3) is 3.90. The Labute approximate surface area is 142 Å². The second-order valence-electron chi connectivity index (χ2n) is 5.26. The van der Waals surface area contributed by atoms with Gasteiger partial charge in [-0.05, 0) is 29.7 Å². The smallest absolute Gasteiger partial charge is 0.435 e. The third-order valence-corrected chi connectivity index (χ3v) is 4.44. The third-order valence-electron chi connectivity index (χ3n) is 3.60. The minimum absolute atomic E-state index is 0.353. The molecule has 126 valence electrons. The highest BCUT2D eigenvalue weighted by Gasteiger charge is 2.32. The summed E-state index contributed by atoms with van der Waals surface area (Å²) in [5.74, 6) is -0.353. The van der Waals surface area contributed by atoms with Crippen LogP contribution in [0.3, 0.4) is 0 Å². The lowest BCUT2D eigenvalue weighted by Gasteiger charge is -2.10. The number of carbonyl (C=O) groups is 2. The molecule has 8 heteroatoms. The van der Waals surface area contributed by atoms with Crippen molar-refractivity contribution in [3.8, 4) is 0 Å². The van der Waals surface area contributed by atoms with E-state index in [1.807, 2.05) is 29.7 Å². The van der Waals surface area contributed by atoms with Crippen molar-refractivity contribution in [1.29, 1.82) is 0 Å². The van der Waals surface area contributed by atoms with Crippen LogP contribution in [-0.2, 0) is 14.3 Å². The molecule has 0 amide bonds. The van der Waals surface area contributed by atoms with E-state index < -0.39 is 12.1 Å². The van der Waals surface area contributed by atoms with Crippen LogP contribution in [0.1, 0.15) is 17.0 Å². The molecular formula is C16H17N3O4S. The average Bonchev–Trinajstić information content (AvgIpc) is 3.32. The standard InChI is InChI=1S/C16H17N3O4S/c1-22-15(20)14-9-12(10-17-14)23-16(21)19-7-6-11(18-19)4-5-13-3-2-8-24-13/h2-8,12,14,17H,9-10H2,1H3/b5-4+/t12-,14?/m0/s1. The molecule has 0 bridgehead atoms. The van der Waals surface area contributed by atoms with E-state index in [1.54, 1.807) is 23.6 Å². The van der Waals surface area contributed by atoms with E-state index in [9.17, 15) is 9.59 Å². The van der Waals surface area contributed by atoms with Crippen LogP contribution in [0.5, 0.6) is 0 Å². The Bertz CT molecular complexity index is 738. The fraction of sp³-hybridized carbons (Fsp3) is 0.312. The summed E-state index contributed by atoms with van der Waals surface area (Å²) in [4.78, 5) is 24.7. The molecule has 2 aromatic heterocycles. The summed E-state index contributed by atoms with van der Waals surface area (Å²) >= 11 is 1.62. The molecule has 0 spiro atoms. The molecule has 1 N–H and O–H groups in total. The molecule has 3 heterocycles. The Hall–Kier alpha value is -2.45. The number of methoxy groups -OCH3 is 1. The van der Waals surface area contributed by atoms with Gasteiger partial charge in [-0.3, -0.25) is 4.79 Å². The molecule has 7 nitrogen and oxygen atoms in total. The van der Waals surface area contributed by atoms with Crippen LogP contribution in [0.15, 0.2) is 29.8 Å². The molecule has 1 fully saturated rings. The number of rotatable bonds is 4. The first-order chi connectivity index (χ1) is 11.7. The number of nitrogens with one attached hydrogen (secondary N) is 1. The van der Waals surface area contributed by atoms with Crippen molar-refractivity contribution in [2.24, 2.45) is 0 Å². The maximum Gasteiger partial charge on any atom is 0.435 e. The molecule has 2 atom stereocenters. The quantitative estimate of drug-likeness (QED) is 0.852. The van der Waals surface area contributed by atoms with Gasteiger partial charge in [0.25, 0.3) is 0 Å². The number of nitrogens with zero attached hydrogens (tertiary/aromatic N) is 2. The first-order valence-electron chi connectivity index (χ1n) is 7.45. The van der Waals surface area contributed by atoms with Crippen molar-refractivity contribution < 1.29 is 19.1 Å². The Morgan fingerprint density at radius 3 is 3.04 bits per heavy atom. The van der Waals surface area contributed by atoms with E-state index in [1.165, 1.54) is 7.11 Å². The second kappa shape index (κ2) is 7.41. The normalized spacial score (nSPS) is 20.4. The van der Waals surface area contributed by atoms with Gasteiger partial charge in [0.15, 0.2) is 0 Å². The van der Waals surface area contributed by atoms with Gasteiger partial charge in [0.1, 0.15) is 12.1 Å². The van der Waals surface area contributed by atoms with Crippen molar-refractivity contribution >= 4 is 35.6 Å². The lowest BCUT2D eigenvalue weighted by Crippen LogP contribution is -2.31. The van der Waals surface area contributed by atoms with Gasteiger partial charge < -0.3 is 14.8 Å². The summed E-state index contributed by atoms with van der Waals surface area (Å²) in [5.41, 5.74) is 0.664. The van der Waals surface area contributed by atoms with Crippen molar-refractivity contribution in [3.05, 3.63) is 40.3 Å². The van der Waals surface area contributed by atoms with Crippen molar-refractivity contribution in [2.45, 2.75) is 18.6 Å². The van der Waals surface area contributed by atoms with Crippen LogP contribution in [-0.4, -0.2) is 47.6 Å². The number of thiophene rings is 1. The van der Waals surface area contributed by atoms with Gasteiger partial charge >= 0.3 is 12.1 Å². The van der Waals surface area contributed by atoms with Crippen molar-refractivity contribution in [1.82, 2.24) is 15.1 Å². The Morgan fingerprint density at radius 2 is 2.29 bits per heavy atom. The summed E-state index contributed by atoms with van der Waals surface area (Å²) in [6.07, 6.45) is 4.77. The molecule has 0 saturated carbocycles. The van der Waals surface area contributed by atoms with E-state index in [4.69, 9.17) is 4.74 Å². The van der Waals surface area contributed by atoms with Crippen LogP contribution < -0.4 is 5.32 Å². The minimum Gasteiger partial charge on any atom is -0.468 e. The first kappa shape index (κ1) is 16.4. The zero-order valence-corrected chi connectivity index (χ0v) is 13.9. The minimum atomic E-state index is -0.567. The van der Waals surface area contributed by atoms with E-state index in [0.717, 1.165) is 9.56 Å². The number of carbonyl (C=O) groups excluding carboxylic acids is 2. The van der Waals surface area contributed by atoms with E-state index in [0.29, 0.717) is 18.7 Å². The molecule has 0 aliphatic carbocycles. The predicted molar refractivity (Wildman–Crippen MR) is 89.6 cm³/mol. The number of ether oxygens (including phenoxy) is 2. The predicted octanol–water partition coefficient (Wildman–Crippen LogP) is 2.00. The van der Waals surface area contributed by atoms with Gasteiger partial charge in [0.2, 0.25) is 0 Å². The Morgan fingerprint density at radius 1 is 1.42 bits per heavy atom. The fourth-order valence-corrected chi connectivity index (χ4v) is 3.01. The summed E-state index contributed by atoms with van der Waals surface area (Å²) in [6.45, 7) is 0.415. The Kier molecular flexibility index (Phi) is 5.07. The fourth-order valence-electron chi connectivity index (χ4n) is 2.39. The molecule has 3 rings (SSSR count). The number of hydrogen-bond acceptors (Lipinski definition) is 7. The van der Waals surface area contributed by atoms with Crippen LogP contribution in [0.25, 0.3) is 12.2 Å². The topological polar surface area (TPSA) is 82.5 Å². The molecule has 0 aromatic carbocycles.